The van der Waals surface area contributed by atoms with Gasteiger partial charge in [-0.1, -0.05) is 12.8 Å². The molecule has 0 aliphatic heterocycles. The molecule has 2 rings (SSSR count). The molecule has 1 aliphatic rings. The Morgan fingerprint density at radius 3 is 2.68 bits per heavy atom. The van der Waals surface area contributed by atoms with E-state index in [-0.39, 0.29) is 0 Å². The normalized spacial score (nSPS) is 15.9. The summed E-state index contributed by atoms with van der Waals surface area (Å²) in [6, 6.07) is 0. The number of halogens is 1. The lowest BCUT2D eigenvalue weighted by molar-refractivity contribution is 0.200. The van der Waals surface area contributed by atoms with Crippen molar-refractivity contribution in [3.63, 3.8) is 0 Å². The summed E-state index contributed by atoms with van der Waals surface area (Å²) < 4.78 is 6.17. The number of hydrogen-bond donors (Lipinski definition) is 1. The third-order valence-corrected chi connectivity index (χ3v) is 4.32. The van der Waals surface area contributed by atoms with E-state index in [1.807, 2.05) is 0 Å². The summed E-state index contributed by atoms with van der Waals surface area (Å²) in [7, 11) is 1.71. The fourth-order valence-corrected chi connectivity index (χ4v) is 3.21. The van der Waals surface area contributed by atoms with E-state index in [2.05, 4.69) is 33.2 Å². The minimum atomic E-state index is 0.580. The first kappa shape index (κ1) is 14.7. The van der Waals surface area contributed by atoms with Crippen LogP contribution >= 0.6 is 15.9 Å². The highest BCUT2D eigenvalue weighted by Gasteiger charge is 2.23. The van der Waals surface area contributed by atoms with Gasteiger partial charge in [0.1, 0.15) is 11.6 Å². The predicted molar refractivity (Wildman–Crippen MR) is 80.7 cm³/mol. The zero-order chi connectivity index (χ0) is 13.7. The van der Waals surface area contributed by atoms with Crippen LogP contribution in [0, 0.1) is 0 Å². The molecule has 1 fully saturated rings. The second kappa shape index (κ2) is 7.20. The number of nitrogens with one attached hydrogen (secondary N) is 1. The van der Waals surface area contributed by atoms with Gasteiger partial charge in [-0.25, -0.2) is 9.97 Å². The number of ether oxygens (including phenoxy) is 1. The van der Waals surface area contributed by atoms with E-state index in [1.54, 1.807) is 7.11 Å². The highest BCUT2D eigenvalue weighted by Crippen LogP contribution is 2.38. The first-order valence-corrected chi connectivity index (χ1v) is 7.84. The smallest absolute Gasteiger partial charge is 0.144 e. The van der Waals surface area contributed by atoms with Crippen LogP contribution in [0.1, 0.15) is 50.0 Å². The highest BCUT2D eigenvalue weighted by molar-refractivity contribution is 9.10. The van der Waals surface area contributed by atoms with Crippen LogP contribution in [0.5, 0.6) is 0 Å². The largest absolute Gasteiger partial charge is 0.384 e. The van der Waals surface area contributed by atoms with Crippen LogP contribution in [0.3, 0.4) is 0 Å². The Morgan fingerprint density at radius 2 is 2.05 bits per heavy atom. The van der Waals surface area contributed by atoms with Crippen LogP contribution < -0.4 is 5.32 Å². The molecule has 1 heterocycles. The van der Waals surface area contributed by atoms with E-state index in [4.69, 9.17) is 9.72 Å². The average molecular weight is 328 g/mol. The van der Waals surface area contributed by atoms with Crippen molar-refractivity contribution in [3.05, 3.63) is 16.0 Å². The monoisotopic (exact) mass is 327 g/mol. The minimum absolute atomic E-state index is 0.580. The van der Waals surface area contributed by atoms with Crippen molar-refractivity contribution >= 4 is 21.7 Å². The van der Waals surface area contributed by atoms with Gasteiger partial charge in [0.25, 0.3) is 0 Å². The van der Waals surface area contributed by atoms with Crippen LogP contribution in [0.25, 0.3) is 0 Å². The van der Waals surface area contributed by atoms with E-state index >= 15 is 0 Å². The molecule has 1 aliphatic carbocycles. The van der Waals surface area contributed by atoms with Crippen LogP contribution in [0.4, 0.5) is 5.82 Å². The first-order chi connectivity index (χ1) is 9.26. The minimum Gasteiger partial charge on any atom is -0.384 e. The lowest BCUT2D eigenvalue weighted by Crippen LogP contribution is -2.11. The number of rotatable bonds is 6. The number of anilines is 1. The van der Waals surface area contributed by atoms with Crippen molar-refractivity contribution in [2.24, 2.45) is 0 Å². The Hall–Kier alpha value is -0.680. The zero-order valence-electron chi connectivity index (χ0n) is 11.7. The van der Waals surface area contributed by atoms with Crippen molar-refractivity contribution in [3.8, 4) is 0 Å². The standard InChI is InChI=1S/C14H22BrN3O/c1-3-16-14-12(15)13(10-6-4-5-7-10)17-11(18-14)8-9-19-2/h10H,3-9H2,1-2H3,(H,16,17,18). The van der Waals surface area contributed by atoms with Gasteiger partial charge < -0.3 is 10.1 Å². The topological polar surface area (TPSA) is 47.0 Å². The molecular weight excluding hydrogens is 306 g/mol. The molecule has 0 unspecified atom stereocenters. The van der Waals surface area contributed by atoms with Gasteiger partial charge in [0.2, 0.25) is 0 Å². The molecule has 0 spiro atoms. The molecule has 106 valence electrons. The maximum absolute atomic E-state index is 5.13. The molecular formula is C14H22BrN3O. The molecule has 0 amide bonds. The average Bonchev–Trinajstić information content (AvgIpc) is 2.93. The van der Waals surface area contributed by atoms with Gasteiger partial charge in [-0.15, -0.1) is 0 Å². The van der Waals surface area contributed by atoms with Crippen LogP contribution in [-0.2, 0) is 11.2 Å². The zero-order valence-corrected chi connectivity index (χ0v) is 13.3. The predicted octanol–water partition coefficient (Wildman–Crippen LogP) is 3.52. The summed E-state index contributed by atoms with van der Waals surface area (Å²) in [6.07, 6.45) is 5.87. The van der Waals surface area contributed by atoms with Crippen molar-refractivity contribution in [2.45, 2.75) is 44.9 Å². The van der Waals surface area contributed by atoms with Gasteiger partial charge in [-0.2, -0.15) is 0 Å². The number of aromatic nitrogens is 2. The summed E-state index contributed by atoms with van der Waals surface area (Å²) >= 11 is 3.68. The first-order valence-electron chi connectivity index (χ1n) is 7.05. The Labute approximate surface area is 123 Å². The Bertz CT molecular complexity index is 419. The summed E-state index contributed by atoms with van der Waals surface area (Å²) in [4.78, 5) is 9.34. The number of nitrogens with zero attached hydrogens (tertiary/aromatic N) is 2. The van der Waals surface area contributed by atoms with Gasteiger partial charge >= 0.3 is 0 Å². The summed E-state index contributed by atoms with van der Waals surface area (Å²) in [5.74, 6) is 2.38. The molecule has 0 aromatic carbocycles. The van der Waals surface area contributed by atoms with E-state index < -0.39 is 0 Å². The Morgan fingerprint density at radius 1 is 1.32 bits per heavy atom. The molecule has 0 bridgehead atoms. The molecule has 5 heteroatoms. The van der Waals surface area contributed by atoms with E-state index in [0.29, 0.717) is 12.5 Å². The van der Waals surface area contributed by atoms with Crippen molar-refractivity contribution in [1.82, 2.24) is 9.97 Å². The second-order valence-corrected chi connectivity index (χ2v) is 5.74. The van der Waals surface area contributed by atoms with E-state index in [0.717, 1.165) is 29.1 Å². The van der Waals surface area contributed by atoms with Crippen molar-refractivity contribution < 1.29 is 4.74 Å². The maximum atomic E-state index is 5.13. The Balaban J connectivity index is 2.29. The lowest BCUT2D eigenvalue weighted by Gasteiger charge is -2.16. The molecule has 0 radical (unpaired) electrons. The summed E-state index contributed by atoms with van der Waals surface area (Å²) in [6.45, 7) is 3.61. The van der Waals surface area contributed by atoms with Gasteiger partial charge in [0.15, 0.2) is 0 Å². The molecule has 1 aromatic heterocycles. The molecule has 1 saturated carbocycles. The van der Waals surface area contributed by atoms with Gasteiger partial charge in [0.05, 0.1) is 16.8 Å². The van der Waals surface area contributed by atoms with E-state index in [1.165, 1.54) is 31.4 Å². The fraction of sp³-hybridized carbons (Fsp3) is 0.714. The highest BCUT2D eigenvalue weighted by atomic mass is 79.9. The van der Waals surface area contributed by atoms with Crippen LogP contribution in [0.15, 0.2) is 4.47 Å². The van der Waals surface area contributed by atoms with E-state index in [9.17, 15) is 0 Å². The third kappa shape index (κ3) is 3.66. The van der Waals surface area contributed by atoms with Crippen molar-refractivity contribution in [1.29, 1.82) is 0 Å². The molecule has 4 nitrogen and oxygen atoms in total. The molecule has 1 aromatic rings. The number of methoxy groups -OCH3 is 1. The Kier molecular flexibility index (Phi) is 5.58. The molecule has 0 saturated heterocycles. The number of hydrogen-bond acceptors (Lipinski definition) is 4. The second-order valence-electron chi connectivity index (χ2n) is 4.94. The third-order valence-electron chi connectivity index (χ3n) is 3.54. The maximum Gasteiger partial charge on any atom is 0.144 e. The van der Waals surface area contributed by atoms with Crippen molar-refractivity contribution in [2.75, 3.05) is 25.6 Å². The lowest BCUT2D eigenvalue weighted by atomic mass is 10.0. The quantitative estimate of drug-likeness (QED) is 0.868. The molecule has 1 N–H and O–H groups in total. The van der Waals surface area contributed by atoms with Gasteiger partial charge in [-0.3, -0.25) is 0 Å². The summed E-state index contributed by atoms with van der Waals surface area (Å²) in [5.41, 5.74) is 1.18. The van der Waals surface area contributed by atoms with Gasteiger partial charge in [-0.05, 0) is 35.7 Å². The fourth-order valence-electron chi connectivity index (χ4n) is 2.57. The van der Waals surface area contributed by atoms with Gasteiger partial charge in [0, 0.05) is 26.0 Å². The van der Waals surface area contributed by atoms with Crippen LogP contribution in [0.2, 0.25) is 0 Å². The molecule has 0 atom stereocenters. The van der Waals surface area contributed by atoms with Crippen LogP contribution in [-0.4, -0.2) is 30.2 Å². The summed E-state index contributed by atoms with van der Waals surface area (Å²) in [5, 5.41) is 3.32. The SMILES string of the molecule is CCNc1nc(CCOC)nc(C2CCCC2)c1Br. The molecule has 19 heavy (non-hydrogen) atoms.